The van der Waals surface area contributed by atoms with Crippen LogP contribution in [0.25, 0.3) is 0 Å². The molecule has 13 radical (unpaired) electrons. The van der Waals surface area contributed by atoms with E-state index in [0.717, 1.165) is 26.4 Å². The van der Waals surface area contributed by atoms with Crippen LogP contribution in [0.15, 0.2) is 344 Å². The van der Waals surface area contributed by atoms with Crippen LogP contribution < -0.4 is 43.9 Å². The predicted octanol–water partition coefficient (Wildman–Crippen LogP) is 0.766. The molecule has 0 aliphatic heterocycles. The van der Waals surface area contributed by atoms with Gasteiger partial charge in [0.25, 0.3) is 0 Å². The third kappa shape index (κ3) is 85.6. The predicted molar refractivity (Wildman–Crippen MR) is 494 cm³/mol. The number of rotatable bonds is 16. The molecule has 0 aliphatic rings. The van der Waals surface area contributed by atoms with E-state index in [-0.39, 0.29) is 529 Å². The van der Waals surface area contributed by atoms with E-state index in [2.05, 4.69) is 81.1 Å². The molecule has 16 rings (SSSR count). The molecule has 0 aliphatic carbocycles. The maximum atomic E-state index is 4.83. The molecule has 16 heterocycles. The summed E-state index contributed by atoms with van der Waals surface area (Å²) in [5.74, 6) is 0. The van der Waals surface area contributed by atoms with Crippen molar-refractivity contribution in [1.82, 2.24) is 116 Å². The van der Waals surface area contributed by atoms with E-state index >= 15 is 0 Å². The largest absolute Gasteiger partial charge is 3.00 e. The normalized spacial score (nSPS) is 7.51. The van der Waals surface area contributed by atoms with Crippen LogP contribution in [0.5, 0.6) is 0 Å². The SMILES string of the molecule is CCOCC.CCOCC.[Cu+2].[Cu+2].[Cu+2].[Cu+2].[Cu+2].[Cu+2].[Cu+2].[Cu+2].[Cu+2].[Cu+2].[Cu+2].[Cu+2].[I-].[Mo+2].[Mo+2].[Mo+2].[Mo+3].[S-2].[S-2].[S-2].[S-2].[S-2].[S-2].[S-2].[S-2].[S-2].[S-2].[S-2].[S-2].[S-2].[S-2].[S-2].[S-2].c1cc[nH+]cc1.c1cc[nH+]cc1.c1cc[nH+]cc1.c1cc[nH+]cc1.c1cnn([BH-](n2cccn2)n2cccn2)c1.c1cnn([BH-](n2cccn2)n2cccn2)c1.c1cnn([BH-](n2cccn2)n2cccn2)c1.c1cnn([BH-](n2cccn2)n2cccn2)c1. The van der Waals surface area contributed by atoms with Crippen molar-refractivity contribution in [2.45, 2.75) is 27.7 Å². The van der Waals surface area contributed by atoms with Gasteiger partial charge in [0, 0.05) is 149 Å². The number of hydrogen-bond acceptors (Lipinski definition) is 14. The smallest absolute Gasteiger partial charge is 2.00 e. The minimum atomic E-state index is -1.12. The molecule has 0 bridgehead atoms. The minimum Gasteiger partial charge on any atom is -2.00 e. The molecule has 0 aromatic carbocycles. The van der Waals surface area contributed by atoms with E-state index < -0.39 is 28.5 Å². The Morgan fingerprint density at radius 2 is 0.275 bits per heavy atom. The molecule has 0 unspecified atom stereocenters. The summed E-state index contributed by atoms with van der Waals surface area (Å²) in [6.45, 7) is 11.3. The van der Waals surface area contributed by atoms with Gasteiger partial charge in [-0.15, -0.1) is 0 Å². The van der Waals surface area contributed by atoms with Crippen LogP contribution in [0.2, 0.25) is 0 Å². The Hall–Kier alpha value is 2.62. The molecule has 16 aromatic heterocycles. The van der Waals surface area contributed by atoms with Gasteiger partial charge in [-0.2, -0.15) is 0 Å². The first kappa shape index (κ1) is 207. The summed E-state index contributed by atoms with van der Waals surface area (Å²) in [7, 11) is -4.50. The summed E-state index contributed by atoms with van der Waals surface area (Å²) in [6, 6.07) is 46.2. The Kier molecular flexibility index (Phi) is 219. The average Bonchev–Trinajstić information content (AvgIpc) is 1.71. The van der Waals surface area contributed by atoms with E-state index in [1.54, 1.807) is 74.4 Å². The van der Waals surface area contributed by atoms with Crippen LogP contribution in [-0.4, -0.2) is 171 Å². The number of aromatic nitrogens is 28. The van der Waals surface area contributed by atoms with Gasteiger partial charge < -0.3 is 304 Å². The summed E-state index contributed by atoms with van der Waals surface area (Å²) < 4.78 is 32.2. The third-order valence-electron chi connectivity index (χ3n) is 13.4. The monoisotopic (exact) mass is 3110 g/mol. The van der Waals surface area contributed by atoms with E-state index in [9.17, 15) is 0 Å². The molecule has 0 fully saturated rings. The third-order valence-corrected chi connectivity index (χ3v) is 13.4. The number of H-pyrrole nitrogens is 4. The van der Waals surface area contributed by atoms with E-state index in [4.69, 9.17) is 9.47 Å². The van der Waals surface area contributed by atoms with Gasteiger partial charge in [0.15, 0.2) is 49.6 Å². The Morgan fingerprint density at radius 1 is 0.183 bits per heavy atom. The van der Waals surface area contributed by atoms with Crippen molar-refractivity contribution in [3.63, 3.8) is 0 Å². The molecule has 131 heavy (non-hydrogen) atoms. The number of halogens is 1. The van der Waals surface area contributed by atoms with E-state index in [1.807, 2.05) is 352 Å². The molecule has 67 heteroatoms. The second-order valence-electron chi connectivity index (χ2n) is 20.1. The van der Waals surface area contributed by atoms with Crippen molar-refractivity contribution < 1.29 is 342 Å². The molecular weight excluding hydrogens is 3020 g/mol. The minimum absolute atomic E-state index is 0. The fraction of sp³-hybridized carbons (Fsp3) is 0.125. The van der Waals surface area contributed by atoms with Crippen molar-refractivity contribution in [3.05, 3.63) is 344 Å². The molecule has 30 nitrogen and oxygen atoms in total. The molecule has 16 aromatic rings. The maximum absolute atomic E-state index is 4.83. The molecule has 0 atom stereocenters. The van der Waals surface area contributed by atoms with Crippen LogP contribution in [0.1, 0.15) is 27.7 Å². The van der Waals surface area contributed by atoms with Gasteiger partial charge in [-0.3, -0.25) is 0 Å². The van der Waals surface area contributed by atoms with E-state index in [0.29, 0.717) is 0 Å². The van der Waals surface area contributed by atoms with Gasteiger partial charge in [0.1, 0.15) is 0 Å². The van der Waals surface area contributed by atoms with Gasteiger partial charge >= 0.3 is 318 Å². The summed E-state index contributed by atoms with van der Waals surface area (Å²) in [6.07, 6.45) is 59.1. The zero-order valence-electron chi connectivity index (χ0n) is 67.7. The first-order valence-electron chi connectivity index (χ1n) is 32.0. The second kappa shape index (κ2) is 139. The standard InChI is InChI=1S/4C9H10BN6.4C5H5N.2C4H10O.12Cu.HI.4Mo.16S/c4*1-4-11-14(7-1)10(15-8-2-5-12-15)16-9-3-6-13-16;4*1-2-4-6-5-3-1;2*1-3-5-4-2;;;;;;;;;;;;;;;;;;;;;;;;;;;;;;;;;/h4*1-10H;4*1-5H;2*3-4H2,1-2H3;;;;;;;;;;;;;1H;;;;;;;;;;;;;;;;;;;;/q4*-1;;;;;;;12*+2;;3*+2;+3;16*-2/p+3. The molecule has 0 spiro atoms. The molecule has 0 saturated carbocycles. The van der Waals surface area contributed by atoms with Crippen LogP contribution in [0.4, 0.5) is 0 Å². The van der Waals surface area contributed by atoms with Gasteiger partial charge in [-0.25, -0.2) is 81.1 Å². The quantitative estimate of drug-likeness (QED) is 0.0954. The molecule has 0 amide bonds. The Morgan fingerprint density at radius 3 is 0.313 bits per heavy atom. The fourth-order valence-electron chi connectivity index (χ4n) is 9.17. The Bertz CT molecular complexity index is 3330. The van der Waals surface area contributed by atoms with Gasteiger partial charge in [0.2, 0.25) is 0 Å². The number of nitrogens with zero attached hydrogens (tertiary/aromatic N) is 24. The van der Waals surface area contributed by atoms with E-state index in [1.165, 1.54) is 0 Å². The fourth-order valence-corrected chi connectivity index (χ4v) is 9.17. The van der Waals surface area contributed by atoms with Crippen molar-refractivity contribution in [2.75, 3.05) is 26.4 Å². The van der Waals surface area contributed by atoms with Crippen LogP contribution in [0.3, 0.4) is 0 Å². The van der Waals surface area contributed by atoms with Gasteiger partial charge in [0.05, 0.1) is 0 Å². The number of nitrogens with one attached hydrogen (secondary N) is 4. The van der Waals surface area contributed by atoms with Crippen LogP contribution in [-0.2, 0) is 514 Å². The van der Waals surface area contributed by atoms with Crippen molar-refractivity contribution in [2.24, 2.45) is 0 Å². The molecule has 4 N–H and O–H groups in total. The zero-order chi connectivity index (χ0) is 68.4. The first-order valence-corrected chi connectivity index (χ1v) is 32.0. The number of pyridine rings is 4. The van der Waals surface area contributed by atoms with Crippen LogP contribution in [0, 0.1) is 0 Å². The maximum Gasteiger partial charge on any atom is 3.00 e. The van der Waals surface area contributed by atoms with Crippen molar-refractivity contribution in [1.29, 1.82) is 0 Å². The molecule has 0 saturated heterocycles. The number of hydrogen-bond donors (Lipinski definition) is 0. The molecular formula is C64H84B4Cu12IMo4N28O2S16. The summed E-state index contributed by atoms with van der Waals surface area (Å²) in [5.41, 5.74) is 0. The number of ether oxygens (including phenoxy) is 2. The Labute approximate surface area is 1080 Å². The van der Waals surface area contributed by atoms with Crippen LogP contribution >= 0.6 is 0 Å². The van der Waals surface area contributed by atoms with Crippen molar-refractivity contribution >= 4 is 244 Å². The van der Waals surface area contributed by atoms with Crippen molar-refractivity contribution in [3.8, 4) is 0 Å². The number of aromatic amines is 4. The molecule has 763 valence electrons. The zero-order valence-corrected chi connectivity index (χ0v) is 102. The summed E-state index contributed by atoms with van der Waals surface area (Å²) in [5, 5.41) is 51.1. The Balaban J connectivity index is -0.0000000367. The topological polar surface area (TPSA) is 289 Å². The second-order valence-corrected chi connectivity index (χ2v) is 20.1. The summed E-state index contributed by atoms with van der Waals surface area (Å²) >= 11 is 0. The van der Waals surface area contributed by atoms with Gasteiger partial charge in [-0.05, 0) is 175 Å². The first-order chi connectivity index (χ1) is 48.6. The van der Waals surface area contributed by atoms with Gasteiger partial charge in [-0.1, -0.05) is 24.3 Å². The summed E-state index contributed by atoms with van der Waals surface area (Å²) in [4.78, 5) is 11.6. The average molecular weight is 3110 g/mol.